The number of hydrogen-bond donors (Lipinski definition) is 0. The van der Waals surface area contributed by atoms with E-state index in [-0.39, 0.29) is 11.9 Å². The van der Waals surface area contributed by atoms with E-state index in [0.29, 0.717) is 26.4 Å². The highest BCUT2D eigenvalue weighted by atomic mass is 127. The molecule has 5 heteroatoms. The first kappa shape index (κ1) is 16.8. The Morgan fingerprint density at radius 1 is 1.11 bits per heavy atom. The largest absolute Gasteiger partial charge is 0.382 e. The Balaban J connectivity index is 2.20. The van der Waals surface area contributed by atoms with Gasteiger partial charge in [0.05, 0.1) is 19.3 Å². The van der Waals surface area contributed by atoms with Gasteiger partial charge in [0.2, 0.25) is 0 Å². The third-order valence-corrected chi connectivity index (χ3v) is 3.37. The van der Waals surface area contributed by atoms with E-state index in [1.807, 2.05) is 0 Å². The van der Waals surface area contributed by atoms with Crippen LogP contribution in [0.5, 0.6) is 0 Å². The van der Waals surface area contributed by atoms with Crippen LogP contribution in [-0.4, -0.2) is 38.0 Å². The molecule has 0 fully saturated rings. The van der Waals surface area contributed by atoms with Gasteiger partial charge in [0, 0.05) is 24.8 Å². The number of methoxy groups -OCH3 is 1. The molecule has 19 heavy (non-hydrogen) atoms. The molecule has 108 valence electrons. The molecule has 1 atom stereocenters. The molecule has 0 aromatic heterocycles. The molecule has 0 radical (unpaired) electrons. The predicted molar refractivity (Wildman–Crippen MR) is 81.3 cm³/mol. The summed E-state index contributed by atoms with van der Waals surface area (Å²) in [5.74, 6) is -0.220. The maximum Gasteiger partial charge on any atom is 0.123 e. The fraction of sp³-hybridized carbons (Fsp3) is 0.571. The first-order chi connectivity index (χ1) is 9.27. The molecule has 1 unspecified atom stereocenters. The lowest BCUT2D eigenvalue weighted by Gasteiger charge is -2.16. The van der Waals surface area contributed by atoms with Crippen molar-refractivity contribution in [1.29, 1.82) is 0 Å². The third kappa shape index (κ3) is 7.20. The lowest BCUT2D eigenvalue weighted by Crippen LogP contribution is -2.10. The van der Waals surface area contributed by atoms with E-state index in [1.165, 1.54) is 12.1 Å². The monoisotopic (exact) mass is 382 g/mol. The van der Waals surface area contributed by atoms with Gasteiger partial charge in [-0.3, -0.25) is 0 Å². The van der Waals surface area contributed by atoms with Crippen LogP contribution in [0.4, 0.5) is 4.39 Å². The van der Waals surface area contributed by atoms with Crippen LogP contribution in [0, 0.1) is 5.82 Å². The standard InChI is InChI=1S/C14H20FIO3/c1-17-9-10-18-7-2-8-19-14(11-16)12-3-5-13(15)6-4-12/h3-6,14H,2,7-11H2,1H3. The van der Waals surface area contributed by atoms with Crippen molar-refractivity contribution in [1.82, 2.24) is 0 Å². The van der Waals surface area contributed by atoms with Gasteiger partial charge in [-0.1, -0.05) is 34.7 Å². The lowest BCUT2D eigenvalue weighted by molar-refractivity contribution is 0.0321. The molecule has 0 bridgehead atoms. The first-order valence-corrected chi connectivity index (χ1v) is 7.80. The summed E-state index contributed by atoms with van der Waals surface area (Å²) in [5, 5.41) is 0. The molecule has 0 heterocycles. The number of halogens is 2. The zero-order valence-electron chi connectivity index (χ0n) is 11.1. The SMILES string of the molecule is COCCOCCCOC(CI)c1ccc(F)cc1. The van der Waals surface area contributed by atoms with Crippen LogP contribution in [-0.2, 0) is 14.2 Å². The van der Waals surface area contributed by atoms with E-state index in [9.17, 15) is 4.39 Å². The van der Waals surface area contributed by atoms with Crippen LogP contribution < -0.4 is 0 Å². The highest BCUT2D eigenvalue weighted by Gasteiger charge is 2.10. The minimum absolute atomic E-state index is 0.0141. The second-order valence-corrected chi connectivity index (χ2v) is 4.90. The Morgan fingerprint density at radius 2 is 1.84 bits per heavy atom. The molecule has 0 aliphatic rings. The molecule has 0 saturated heterocycles. The Labute approximate surface area is 127 Å². The summed E-state index contributed by atoms with van der Waals surface area (Å²) >= 11 is 2.27. The molecule has 1 aromatic carbocycles. The van der Waals surface area contributed by atoms with Crippen molar-refractivity contribution in [3.63, 3.8) is 0 Å². The summed E-state index contributed by atoms with van der Waals surface area (Å²) in [6, 6.07) is 6.47. The summed E-state index contributed by atoms with van der Waals surface area (Å²) in [6.45, 7) is 2.54. The first-order valence-electron chi connectivity index (χ1n) is 6.27. The van der Waals surface area contributed by atoms with Crippen LogP contribution in [0.2, 0.25) is 0 Å². The highest BCUT2D eigenvalue weighted by Crippen LogP contribution is 2.20. The van der Waals surface area contributed by atoms with Gasteiger partial charge in [0.15, 0.2) is 0 Å². The van der Waals surface area contributed by atoms with Crippen molar-refractivity contribution < 1.29 is 18.6 Å². The van der Waals surface area contributed by atoms with Crippen LogP contribution in [0.15, 0.2) is 24.3 Å². The van der Waals surface area contributed by atoms with Crippen molar-refractivity contribution >= 4 is 22.6 Å². The fourth-order valence-corrected chi connectivity index (χ4v) is 2.30. The van der Waals surface area contributed by atoms with Crippen molar-refractivity contribution in [2.75, 3.05) is 38.0 Å². The summed E-state index contributed by atoms with van der Waals surface area (Å²) in [6.07, 6.45) is 0.859. The topological polar surface area (TPSA) is 27.7 Å². The second kappa shape index (κ2) is 10.5. The molecule has 0 N–H and O–H groups in total. The van der Waals surface area contributed by atoms with Crippen molar-refractivity contribution in [2.24, 2.45) is 0 Å². The average molecular weight is 382 g/mol. The molecule has 1 rings (SSSR count). The summed E-state index contributed by atoms with van der Waals surface area (Å²) in [7, 11) is 1.65. The molecular formula is C14H20FIO3. The van der Waals surface area contributed by atoms with Gasteiger partial charge in [0.1, 0.15) is 5.82 Å². The van der Waals surface area contributed by atoms with Gasteiger partial charge in [-0.15, -0.1) is 0 Å². The van der Waals surface area contributed by atoms with Crippen LogP contribution in [0.3, 0.4) is 0 Å². The average Bonchev–Trinajstić information content (AvgIpc) is 2.43. The maximum absolute atomic E-state index is 12.8. The molecule has 0 amide bonds. The maximum atomic E-state index is 12.8. The van der Waals surface area contributed by atoms with Crippen LogP contribution in [0.1, 0.15) is 18.1 Å². The second-order valence-electron chi connectivity index (χ2n) is 4.02. The molecule has 0 saturated carbocycles. The summed E-state index contributed by atoms with van der Waals surface area (Å²) in [5.41, 5.74) is 1.01. The Hall–Kier alpha value is -0.240. The number of benzene rings is 1. The van der Waals surface area contributed by atoms with Gasteiger partial charge in [0.25, 0.3) is 0 Å². The minimum atomic E-state index is -0.220. The zero-order valence-corrected chi connectivity index (χ0v) is 13.3. The van der Waals surface area contributed by atoms with E-state index >= 15 is 0 Å². The smallest absolute Gasteiger partial charge is 0.123 e. The normalized spacial score (nSPS) is 12.6. The van der Waals surface area contributed by atoms with E-state index in [1.54, 1.807) is 19.2 Å². The van der Waals surface area contributed by atoms with Gasteiger partial charge in [-0.2, -0.15) is 0 Å². The zero-order chi connectivity index (χ0) is 13.9. The lowest BCUT2D eigenvalue weighted by atomic mass is 10.1. The quantitative estimate of drug-likeness (QED) is 0.353. The Bertz CT molecular complexity index is 332. The van der Waals surface area contributed by atoms with E-state index in [4.69, 9.17) is 14.2 Å². The number of rotatable bonds is 10. The Kier molecular flexibility index (Phi) is 9.32. The van der Waals surface area contributed by atoms with Crippen molar-refractivity contribution in [3.8, 4) is 0 Å². The van der Waals surface area contributed by atoms with Crippen LogP contribution >= 0.6 is 22.6 Å². The molecule has 0 aliphatic carbocycles. The van der Waals surface area contributed by atoms with Gasteiger partial charge in [-0.05, 0) is 24.1 Å². The molecule has 3 nitrogen and oxygen atoms in total. The van der Waals surface area contributed by atoms with Crippen molar-refractivity contribution in [2.45, 2.75) is 12.5 Å². The Morgan fingerprint density at radius 3 is 2.47 bits per heavy atom. The van der Waals surface area contributed by atoms with E-state index in [2.05, 4.69) is 22.6 Å². The number of hydrogen-bond acceptors (Lipinski definition) is 3. The summed E-state index contributed by atoms with van der Waals surface area (Å²) < 4.78 is 29.7. The molecule has 1 aromatic rings. The minimum Gasteiger partial charge on any atom is -0.382 e. The van der Waals surface area contributed by atoms with Gasteiger partial charge in [-0.25, -0.2) is 4.39 Å². The van der Waals surface area contributed by atoms with E-state index in [0.717, 1.165) is 16.4 Å². The van der Waals surface area contributed by atoms with E-state index < -0.39 is 0 Å². The number of ether oxygens (including phenoxy) is 3. The fourth-order valence-electron chi connectivity index (χ4n) is 1.54. The number of alkyl halides is 1. The van der Waals surface area contributed by atoms with Crippen LogP contribution in [0.25, 0.3) is 0 Å². The molecule has 0 aliphatic heterocycles. The van der Waals surface area contributed by atoms with Gasteiger partial charge >= 0.3 is 0 Å². The predicted octanol–water partition coefficient (Wildman–Crippen LogP) is 3.37. The summed E-state index contributed by atoms with van der Waals surface area (Å²) in [4.78, 5) is 0. The van der Waals surface area contributed by atoms with Crippen molar-refractivity contribution in [3.05, 3.63) is 35.6 Å². The molecular weight excluding hydrogens is 362 g/mol. The highest BCUT2D eigenvalue weighted by molar-refractivity contribution is 14.1. The third-order valence-electron chi connectivity index (χ3n) is 2.57. The molecule has 0 spiro atoms. The van der Waals surface area contributed by atoms with Gasteiger partial charge < -0.3 is 14.2 Å².